The summed E-state index contributed by atoms with van der Waals surface area (Å²) < 4.78 is 16.2. The SMILES string of the molecule is CCOC(=O)c1n[nH]nc1-c1cnc(C)nc1OCC1C[C@@H]1c1ccc(OC)cn1. The molecule has 0 aliphatic heterocycles. The summed E-state index contributed by atoms with van der Waals surface area (Å²) in [5, 5.41) is 10.5. The van der Waals surface area contributed by atoms with Gasteiger partial charge in [-0.2, -0.15) is 15.3 Å². The molecule has 0 bridgehead atoms. The van der Waals surface area contributed by atoms with E-state index in [0.717, 1.165) is 17.9 Å². The Hall–Kier alpha value is -3.56. The van der Waals surface area contributed by atoms with Crippen molar-refractivity contribution >= 4 is 5.97 Å². The van der Waals surface area contributed by atoms with Crippen molar-refractivity contribution in [2.45, 2.75) is 26.2 Å². The molecule has 3 aromatic rings. The van der Waals surface area contributed by atoms with Crippen molar-refractivity contribution in [2.24, 2.45) is 5.92 Å². The molecule has 3 heterocycles. The highest BCUT2D eigenvalue weighted by Crippen LogP contribution is 2.47. The maximum Gasteiger partial charge on any atom is 0.361 e. The van der Waals surface area contributed by atoms with Crippen molar-refractivity contribution in [3.8, 4) is 22.9 Å². The van der Waals surface area contributed by atoms with Crippen LogP contribution in [0.2, 0.25) is 0 Å². The van der Waals surface area contributed by atoms with E-state index in [1.165, 1.54) is 0 Å². The third-order valence-corrected chi connectivity index (χ3v) is 4.88. The standard InChI is InChI=1S/C20H22N6O4/c1-4-29-20(27)18-17(24-26-25-18)15-9-21-11(2)23-19(15)30-10-12-7-14(12)16-6-5-13(28-3)8-22-16/h5-6,8-9,12,14H,4,7,10H2,1-3H3,(H,24,25,26)/t12?,14-/m0/s1. The number of nitrogens with one attached hydrogen (secondary N) is 1. The Morgan fingerprint density at radius 3 is 2.83 bits per heavy atom. The number of ether oxygens (including phenoxy) is 3. The molecule has 1 saturated carbocycles. The zero-order valence-corrected chi connectivity index (χ0v) is 17.0. The van der Waals surface area contributed by atoms with Gasteiger partial charge in [0.05, 0.1) is 32.1 Å². The molecule has 0 amide bonds. The zero-order chi connectivity index (χ0) is 21.1. The van der Waals surface area contributed by atoms with Crippen molar-refractivity contribution in [2.75, 3.05) is 20.3 Å². The van der Waals surface area contributed by atoms with Gasteiger partial charge in [-0.3, -0.25) is 4.98 Å². The number of aryl methyl sites for hydroxylation is 1. The van der Waals surface area contributed by atoms with Gasteiger partial charge < -0.3 is 14.2 Å². The first-order valence-electron chi connectivity index (χ1n) is 9.65. The van der Waals surface area contributed by atoms with Gasteiger partial charge in [-0.1, -0.05) is 0 Å². The molecule has 0 aromatic carbocycles. The topological polar surface area (TPSA) is 125 Å². The van der Waals surface area contributed by atoms with Crippen LogP contribution >= 0.6 is 0 Å². The number of carbonyl (C=O) groups is 1. The Kier molecular flexibility index (Phi) is 5.55. The lowest BCUT2D eigenvalue weighted by Gasteiger charge is -2.10. The summed E-state index contributed by atoms with van der Waals surface area (Å²) >= 11 is 0. The second-order valence-electron chi connectivity index (χ2n) is 6.91. The predicted octanol–water partition coefficient (Wildman–Crippen LogP) is 2.33. The molecule has 1 N–H and O–H groups in total. The maximum absolute atomic E-state index is 12.2. The molecule has 30 heavy (non-hydrogen) atoms. The molecule has 0 saturated heterocycles. The molecular weight excluding hydrogens is 388 g/mol. The fourth-order valence-corrected chi connectivity index (χ4v) is 3.19. The van der Waals surface area contributed by atoms with Crippen LogP contribution in [0.1, 0.15) is 41.3 Å². The van der Waals surface area contributed by atoms with Gasteiger partial charge in [-0.15, -0.1) is 5.10 Å². The van der Waals surface area contributed by atoms with Gasteiger partial charge in [0, 0.05) is 23.7 Å². The average molecular weight is 410 g/mol. The minimum atomic E-state index is -0.569. The summed E-state index contributed by atoms with van der Waals surface area (Å²) in [5.74, 6) is 1.74. The minimum Gasteiger partial charge on any atom is -0.495 e. The van der Waals surface area contributed by atoms with Gasteiger partial charge in [0.1, 0.15) is 17.3 Å². The van der Waals surface area contributed by atoms with Crippen molar-refractivity contribution in [1.82, 2.24) is 30.4 Å². The summed E-state index contributed by atoms with van der Waals surface area (Å²) in [4.78, 5) is 25.2. The number of rotatable bonds is 8. The highest BCUT2D eigenvalue weighted by atomic mass is 16.5. The van der Waals surface area contributed by atoms with Crippen LogP contribution in [-0.2, 0) is 4.74 Å². The van der Waals surface area contributed by atoms with E-state index < -0.39 is 5.97 Å². The van der Waals surface area contributed by atoms with Crippen LogP contribution in [0.25, 0.3) is 11.3 Å². The highest BCUT2D eigenvalue weighted by Gasteiger charge is 2.40. The van der Waals surface area contributed by atoms with Crippen LogP contribution in [0.5, 0.6) is 11.6 Å². The van der Waals surface area contributed by atoms with E-state index in [1.54, 1.807) is 33.4 Å². The number of aromatic nitrogens is 6. The third-order valence-electron chi connectivity index (χ3n) is 4.88. The van der Waals surface area contributed by atoms with Crippen molar-refractivity contribution in [1.29, 1.82) is 0 Å². The van der Waals surface area contributed by atoms with Crippen molar-refractivity contribution in [3.05, 3.63) is 41.7 Å². The molecule has 4 rings (SSSR count). The molecule has 1 aliphatic rings. The fraction of sp³-hybridized carbons (Fsp3) is 0.400. The van der Waals surface area contributed by atoms with Crippen LogP contribution in [0.4, 0.5) is 0 Å². The normalized spacial score (nSPS) is 17.4. The third kappa shape index (κ3) is 4.07. The molecule has 2 atom stereocenters. The molecule has 3 aromatic heterocycles. The number of hydrogen-bond acceptors (Lipinski definition) is 9. The quantitative estimate of drug-likeness (QED) is 0.557. The van der Waals surface area contributed by atoms with E-state index in [2.05, 4.69) is 30.4 Å². The number of H-pyrrole nitrogens is 1. The molecular formula is C20H22N6O4. The Bertz CT molecular complexity index is 1040. The van der Waals surface area contributed by atoms with Crippen molar-refractivity contribution in [3.63, 3.8) is 0 Å². The van der Waals surface area contributed by atoms with Crippen LogP contribution < -0.4 is 9.47 Å². The van der Waals surface area contributed by atoms with E-state index >= 15 is 0 Å². The van der Waals surface area contributed by atoms with Gasteiger partial charge >= 0.3 is 5.97 Å². The molecule has 0 radical (unpaired) electrons. The lowest BCUT2D eigenvalue weighted by Crippen LogP contribution is -2.09. The molecule has 0 spiro atoms. The molecule has 156 valence electrons. The van der Waals surface area contributed by atoms with Crippen LogP contribution in [0.3, 0.4) is 0 Å². The monoisotopic (exact) mass is 410 g/mol. The maximum atomic E-state index is 12.2. The largest absolute Gasteiger partial charge is 0.495 e. The Morgan fingerprint density at radius 1 is 1.23 bits per heavy atom. The fourth-order valence-electron chi connectivity index (χ4n) is 3.19. The molecule has 1 fully saturated rings. The average Bonchev–Trinajstić information content (AvgIpc) is 3.37. The smallest absolute Gasteiger partial charge is 0.361 e. The zero-order valence-electron chi connectivity index (χ0n) is 17.0. The summed E-state index contributed by atoms with van der Waals surface area (Å²) in [5.41, 5.74) is 1.87. The lowest BCUT2D eigenvalue weighted by molar-refractivity contribution is 0.0520. The van der Waals surface area contributed by atoms with E-state index in [-0.39, 0.29) is 12.3 Å². The number of nitrogens with zero attached hydrogens (tertiary/aromatic N) is 5. The summed E-state index contributed by atoms with van der Waals surface area (Å²) in [7, 11) is 1.62. The Labute approximate surface area is 173 Å². The number of pyridine rings is 1. The van der Waals surface area contributed by atoms with Gasteiger partial charge in [-0.25, -0.2) is 9.78 Å². The summed E-state index contributed by atoms with van der Waals surface area (Å²) in [6, 6.07) is 3.89. The molecule has 10 nitrogen and oxygen atoms in total. The molecule has 1 unspecified atom stereocenters. The number of aromatic amines is 1. The molecule has 10 heteroatoms. The first-order chi connectivity index (χ1) is 14.6. The minimum absolute atomic E-state index is 0.0703. The van der Waals surface area contributed by atoms with Crippen LogP contribution in [-0.4, -0.2) is 56.7 Å². The Morgan fingerprint density at radius 2 is 2.10 bits per heavy atom. The first kappa shape index (κ1) is 19.7. The number of methoxy groups -OCH3 is 1. The number of hydrogen-bond donors (Lipinski definition) is 1. The predicted molar refractivity (Wildman–Crippen MR) is 105 cm³/mol. The van der Waals surface area contributed by atoms with Crippen molar-refractivity contribution < 1.29 is 19.0 Å². The second-order valence-corrected chi connectivity index (χ2v) is 6.91. The number of carbonyl (C=O) groups excluding carboxylic acids is 1. The van der Waals surface area contributed by atoms with Crippen LogP contribution in [0, 0.1) is 12.8 Å². The van der Waals surface area contributed by atoms with E-state index in [4.69, 9.17) is 14.2 Å². The van der Waals surface area contributed by atoms with Gasteiger partial charge in [0.25, 0.3) is 0 Å². The number of esters is 1. The van der Waals surface area contributed by atoms with E-state index in [9.17, 15) is 4.79 Å². The van der Waals surface area contributed by atoms with E-state index in [0.29, 0.717) is 41.4 Å². The first-order valence-corrected chi connectivity index (χ1v) is 9.65. The van der Waals surface area contributed by atoms with Gasteiger partial charge in [-0.05, 0) is 32.4 Å². The van der Waals surface area contributed by atoms with Crippen LogP contribution in [0.15, 0.2) is 24.5 Å². The second kappa shape index (κ2) is 8.44. The summed E-state index contributed by atoms with van der Waals surface area (Å²) in [6.07, 6.45) is 4.28. The van der Waals surface area contributed by atoms with Gasteiger partial charge in [0.2, 0.25) is 5.88 Å². The highest BCUT2D eigenvalue weighted by molar-refractivity contribution is 5.94. The van der Waals surface area contributed by atoms with Gasteiger partial charge in [0.15, 0.2) is 5.69 Å². The molecule has 1 aliphatic carbocycles. The lowest BCUT2D eigenvalue weighted by atomic mass is 10.2. The Balaban J connectivity index is 1.49. The summed E-state index contributed by atoms with van der Waals surface area (Å²) in [6.45, 7) is 4.20. The van der Waals surface area contributed by atoms with E-state index in [1.807, 2.05) is 12.1 Å².